The molecule has 32 heavy (non-hydrogen) atoms. The molecule has 4 aromatic rings. The van der Waals surface area contributed by atoms with Gasteiger partial charge in [-0.15, -0.1) is 11.3 Å². The summed E-state index contributed by atoms with van der Waals surface area (Å²) < 4.78 is 0. The first kappa shape index (κ1) is 21.3. The van der Waals surface area contributed by atoms with E-state index in [2.05, 4.69) is 10.3 Å². The number of amides is 2. The van der Waals surface area contributed by atoms with Crippen molar-refractivity contribution in [1.82, 2.24) is 9.88 Å². The Morgan fingerprint density at radius 1 is 1.03 bits per heavy atom. The van der Waals surface area contributed by atoms with Crippen LogP contribution in [0.3, 0.4) is 0 Å². The molecule has 0 radical (unpaired) electrons. The van der Waals surface area contributed by atoms with Crippen molar-refractivity contribution < 1.29 is 9.59 Å². The van der Waals surface area contributed by atoms with E-state index in [4.69, 9.17) is 5.73 Å². The standard InChI is InChI=1S/C25H22N4O2S/c26-22-10-9-21(24-4-2-12-32-24)13-23(22)28-25(31)20-7-5-18(6-8-20)15-29(17-30)16-19-3-1-11-27-14-19/h1-14,17H,15-16,26H2,(H,28,31). The van der Waals surface area contributed by atoms with Crippen LogP contribution in [-0.4, -0.2) is 22.2 Å². The van der Waals surface area contributed by atoms with E-state index in [1.807, 2.05) is 53.9 Å². The predicted molar refractivity (Wildman–Crippen MR) is 128 cm³/mol. The summed E-state index contributed by atoms with van der Waals surface area (Å²) in [6.07, 6.45) is 4.25. The van der Waals surface area contributed by atoms with Crippen LogP contribution in [0, 0.1) is 0 Å². The molecule has 2 aromatic heterocycles. The van der Waals surface area contributed by atoms with Gasteiger partial charge in [0, 0.05) is 35.9 Å². The lowest BCUT2D eigenvalue weighted by molar-refractivity contribution is -0.119. The minimum atomic E-state index is -0.241. The first-order valence-electron chi connectivity index (χ1n) is 10.0. The van der Waals surface area contributed by atoms with Crippen LogP contribution in [-0.2, 0) is 17.9 Å². The first-order chi connectivity index (χ1) is 15.6. The lowest BCUT2D eigenvalue weighted by Crippen LogP contribution is -2.21. The number of nitrogens with two attached hydrogens (primary N) is 1. The van der Waals surface area contributed by atoms with Crippen LogP contribution in [0.15, 0.2) is 84.5 Å². The monoisotopic (exact) mass is 442 g/mol. The summed E-state index contributed by atoms with van der Waals surface area (Å²) in [6.45, 7) is 0.912. The number of rotatable bonds is 8. The molecule has 2 aromatic carbocycles. The molecule has 6 nitrogen and oxygen atoms in total. The highest BCUT2D eigenvalue weighted by atomic mass is 32.1. The van der Waals surface area contributed by atoms with Gasteiger partial charge in [0.05, 0.1) is 11.4 Å². The van der Waals surface area contributed by atoms with E-state index in [9.17, 15) is 9.59 Å². The number of nitrogens with one attached hydrogen (secondary N) is 1. The summed E-state index contributed by atoms with van der Waals surface area (Å²) in [4.78, 5) is 31.1. The molecule has 0 saturated heterocycles. The van der Waals surface area contributed by atoms with Crippen LogP contribution in [0.1, 0.15) is 21.5 Å². The fourth-order valence-electron chi connectivity index (χ4n) is 3.31. The number of carbonyl (C=O) groups is 2. The van der Waals surface area contributed by atoms with Crippen LogP contribution in [0.2, 0.25) is 0 Å². The second-order valence-corrected chi connectivity index (χ2v) is 8.25. The number of pyridine rings is 1. The summed E-state index contributed by atoms with van der Waals surface area (Å²) >= 11 is 1.63. The highest BCUT2D eigenvalue weighted by molar-refractivity contribution is 7.13. The van der Waals surface area contributed by atoms with Crippen LogP contribution >= 0.6 is 11.3 Å². The molecule has 160 valence electrons. The van der Waals surface area contributed by atoms with E-state index in [1.165, 1.54) is 0 Å². The van der Waals surface area contributed by atoms with Gasteiger partial charge < -0.3 is 16.0 Å². The van der Waals surface area contributed by atoms with Crippen LogP contribution < -0.4 is 11.1 Å². The van der Waals surface area contributed by atoms with Gasteiger partial charge >= 0.3 is 0 Å². The van der Waals surface area contributed by atoms with Crippen molar-refractivity contribution in [2.75, 3.05) is 11.1 Å². The highest BCUT2D eigenvalue weighted by Gasteiger charge is 2.11. The Morgan fingerprint density at radius 2 is 1.84 bits per heavy atom. The van der Waals surface area contributed by atoms with Crippen LogP contribution in [0.4, 0.5) is 11.4 Å². The van der Waals surface area contributed by atoms with Crippen molar-refractivity contribution in [2.45, 2.75) is 13.1 Å². The van der Waals surface area contributed by atoms with Crippen molar-refractivity contribution in [3.05, 3.63) is 101 Å². The SMILES string of the molecule is Nc1ccc(-c2cccs2)cc1NC(=O)c1ccc(CN(C=O)Cc2cccnc2)cc1. The number of nitrogen functional groups attached to an aromatic ring is 1. The molecule has 3 N–H and O–H groups in total. The molecular formula is C25H22N4O2S. The maximum Gasteiger partial charge on any atom is 0.255 e. The van der Waals surface area contributed by atoms with Crippen molar-refractivity contribution >= 4 is 35.0 Å². The second-order valence-electron chi connectivity index (χ2n) is 7.30. The number of nitrogens with zero attached hydrogens (tertiary/aromatic N) is 2. The van der Waals surface area contributed by atoms with E-state index in [0.717, 1.165) is 28.0 Å². The lowest BCUT2D eigenvalue weighted by Gasteiger charge is -2.17. The normalized spacial score (nSPS) is 10.5. The summed E-state index contributed by atoms with van der Waals surface area (Å²) in [6, 6.07) is 20.6. The van der Waals surface area contributed by atoms with E-state index in [0.29, 0.717) is 30.0 Å². The van der Waals surface area contributed by atoms with Crippen molar-refractivity contribution in [2.24, 2.45) is 0 Å². The number of anilines is 2. The fraction of sp³-hybridized carbons (Fsp3) is 0.0800. The molecule has 0 bridgehead atoms. The summed E-state index contributed by atoms with van der Waals surface area (Å²) in [7, 11) is 0. The molecule has 0 aliphatic heterocycles. The largest absolute Gasteiger partial charge is 0.397 e. The third-order valence-corrected chi connectivity index (χ3v) is 5.89. The van der Waals surface area contributed by atoms with Crippen LogP contribution in [0.5, 0.6) is 0 Å². The number of benzene rings is 2. The zero-order valence-electron chi connectivity index (χ0n) is 17.3. The Balaban J connectivity index is 1.42. The van der Waals surface area contributed by atoms with E-state index >= 15 is 0 Å². The van der Waals surface area contributed by atoms with Crippen LogP contribution in [0.25, 0.3) is 10.4 Å². The van der Waals surface area contributed by atoms with Gasteiger partial charge in [0.1, 0.15) is 0 Å². The van der Waals surface area contributed by atoms with Gasteiger partial charge in [-0.1, -0.05) is 30.3 Å². The number of aromatic nitrogens is 1. The molecule has 0 saturated carbocycles. The van der Waals surface area contributed by atoms with E-state index < -0.39 is 0 Å². The predicted octanol–water partition coefficient (Wildman–Crippen LogP) is 4.80. The van der Waals surface area contributed by atoms with Crippen molar-refractivity contribution in [3.63, 3.8) is 0 Å². The number of carbonyl (C=O) groups excluding carboxylic acids is 2. The molecule has 0 aliphatic carbocycles. The summed E-state index contributed by atoms with van der Waals surface area (Å²) in [5.74, 6) is -0.241. The Kier molecular flexibility index (Phi) is 6.57. The van der Waals surface area contributed by atoms with Crippen molar-refractivity contribution in [1.29, 1.82) is 0 Å². The first-order valence-corrected chi connectivity index (χ1v) is 10.9. The molecular weight excluding hydrogens is 420 g/mol. The quantitative estimate of drug-likeness (QED) is 0.303. The Morgan fingerprint density at radius 3 is 2.53 bits per heavy atom. The zero-order valence-corrected chi connectivity index (χ0v) is 18.1. The third kappa shape index (κ3) is 5.19. The van der Waals surface area contributed by atoms with Gasteiger partial charge in [-0.2, -0.15) is 0 Å². The maximum atomic E-state index is 12.8. The zero-order chi connectivity index (χ0) is 22.3. The molecule has 2 amide bonds. The van der Waals surface area contributed by atoms with Gasteiger partial charge in [0.25, 0.3) is 5.91 Å². The minimum Gasteiger partial charge on any atom is -0.397 e. The molecule has 7 heteroatoms. The molecule has 0 fully saturated rings. The third-order valence-electron chi connectivity index (χ3n) is 4.97. The van der Waals surface area contributed by atoms with Gasteiger partial charge in [-0.3, -0.25) is 14.6 Å². The second kappa shape index (κ2) is 9.89. The molecule has 2 heterocycles. The molecule has 0 spiro atoms. The van der Waals surface area contributed by atoms with E-state index in [1.54, 1.807) is 46.8 Å². The summed E-state index contributed by atoms with van der Waals surface area (Å²) in [5, 5.41) is 4.91. The molecule has 0 aliphatic rings. The smallest absolute Gasteiger partial charge is 0.255 e. The molecule has 0 unspecified atom stereocenters. The lowest BCUT2D eigenvalue weighted by atomic mass is 10.1. The summed E-state index contributed by atoms with van der Waals surface area (Å²) in [5.41, 5.74) is 10.6. The number of hydrogen-bond donors (Lipinski definition) is 2. The number of hydrogen-bond acceptors (Lipinski definition) is 5. The van der Waals surface area contributed by atoms with Crippen molar-refractivity contribution in [3.8, 4) is 10.4 Å². The fourth-order valence-corrected chi connectivity index (χ4v) is 4.03. The topological polar surface area (TPSA) is 88.3 Å². The van der Waals surface area contributed by atoms with E-state index in [-0.39, 0.29) is 5.91 Å². The average molecular weight is 443 g/mol. The van der Waals surface area contributed by atoms with Gasteiger partial charge in [0.2, 0.25) is 6.41 Å². The number of thiophene rings is 1. The highest BCUT2D eigenvalue weighted by Crippen LogP contribution is 2.30. The molecule has 0 atom stereocenters. The maximum absolute atomic E-state index is 12.8. The Bertz CT molecular complexity index is 1190. The molecule has 4 rings (SSSR count). The van der Waals surface area contributed by atoms with Gasteiger partial charge in [0.15, 0.2) is 0 Å². The average Bonchev–Trinajstić information content (AvgIpc) is 3.36. The van der Waals surface area contributed by atoms with Gasteiger partial charge in [-0.25, -0.2) is 0 Å². The Labute approximate surface area is 190 Å². The minimum absolute atomic E-state index is 0.241. The Hall–Kier alpha value is -3.97. The van der Waals surface area contributed by atoms with Gasteiger partial charge in [-0.05, 0) is 58.5 Å².